The molecule has 1 aliphatic rings. The van der Waals surface area contributed by atoms with Gasteiger partial charge in [-0.3, -0.25) is 9.78 Å². The molecule has 0 unspecified atom stereocenters. The zero-order chi connectivity index (χ0) is 16.8. The van der Waals surface area contributed by atoms with Gasteiger partial charge in [-0.05, 0) is 24.6 Å². The number of hydrogen-bond acceptors (Lipinski definition) is 6. The fraction of sp³-hybridized carbons (Fsp3) is 0.412. The molecule has 1 saturated heterocycles. The lowest BCUT2D eigenvalue weighted by atomic mass is 10.2. The summed E-state index contributed by atoms with van der Waals surface area (Å²) >= 11 is 0. The summed E-state index contributed by atoms with van der Waals surface area (Å²) in [5.74, 6) is 0.654. The predicted octanol–water partition coefficient (Wildman–Crippen LogP) is 1.34. The molecule has 2 aromatic heterocycles. The van der Waals surface area contributed by atoms with Crippen LogP contribution in [0.5, 0.6) is 0 Å². The van der Waals surface area contributed by atoms with E-state index in [-0.39, 0.29) is 5.91 Å². The second kappa shape index (κ2) is 7.72. The summed E-state index contributed by atoms with van der Waals surface area (Å²) in [5.41, 5.74) is 1.50. The van der Waals surface area contributed by atoms with Gasteiger partial charge in [-0.15, -0.1) is 0 Å². The SMILES string of the molecule is CCCNC(=O)c1cc(N2CCN(c3ncccn3)CC2)ccn1. The van der Waals surface area contributed by atoms with Crippen LogP contribution in [-0.2, 0) is 0 Å². The van der Waals surface area contributed by atoms with Crippen LogP contribution in [0.2, 0.25) is 0 Å². The van der Waals surface area contributed by atoms with Gasteiger partial charge in [0.05, 0.1) is 0 Å². The summed E-state index contributed by atoms with van der Waals surface area (Å²) in [5, 5.41) is 2.86. The molecule has 24 heavy (non-hydrogen) atoms. The number of rotatable bonds is 5. The molecule has 0 atom stereocenters. The summed E-state index contributed by atoms with van der Waals surface area (Å²) in [4.78, 5) is 29.3. The summed E-state index contributed by atoms with van der Waals surface area (Å²) < 4.78 is 0. The highest BCUT2D eigenvalue weighted by Crippen LogP contribution is 2.18. The van der Waals surface area contributed by atoms with Crippen LogP contribution in [0.4, 0.5) is 11.6 Å². The Balaban J connectivity index is 1.63. The molecule has 2 aromatic rings. The van der Waals surface area contributed by atoms with E-state index in [1.54, 1.807) is 18.6 Å². The molecular formula is C17H22N6O. The van der Waals surface area contributed by atoms with Crippen molar-refractivity contribution in [1.82, 2.24) is 20.3 Å². The molecular weight excluding hydrogens is 304 g/mol. The van der Waals surface area contributed by atoms with Crippen molar-refractivity contribution in [2.75, 3.05) is 42.5 Å². The lowest BCUT2D eigenvalue weighted by Crippen LogP contribution is -2.47. The first-order valence-corrected chi connectivity index (χ1v) is 8.29. The lowest BCUT2D eigenvalue weighted by Gasteiger charge is -2.36. The van der Waals surface area contributed by atoms with Crippen LogP contribution in [0.25, 0.3) is 0 Å². The van der Waals surface area contributed by atoms with Gasteiger partial charge < -0.3 is 15.1 Å². The fourth-order valence-corrected chi connectivity index (χ4v) is 2.69. The standard InChI is InChI=1S/C17H22N6O/c1-2-5-19-16(24)15-13-14(4-8-18-15)22-9-11-23(12-10-22)17-20-6-3-7-21-17/h3-4,6-8,13H,2,5,9-12H2,1H3,(H,19,24). The van der Waals surface area contributed by atoms with E-state index < -0.39 is 0 Å². The zero-order valence-electron chi connectivity index (χ0n) is 13.9. The van der Waals surface area contributed by atoms with Crippen LogP contribution >= 0.6 is 0 Å². The highest BCUT2D eigenvalue weighted by molar-refractivity contribution is 5.93. The number of anilines is 2. The van der Waals surface area contributed by atoms with Crippen LogP contribution in [0.3, 0.4) is 0 Å². The Morgan fingerprint density at radius 1 is 1.08 bits per heavy atom. The third kappa shape index (κ3) is 3.79. The topological polar surface area (TPSA) is 74.2 Å². The van der Waals surface area contributed by atoms with E-state index in [4.69, 9.17) is 0 Å². The van der Waals surface area contributed by atoms with Gasteiger partial charge in [-0.1, -0.05) is 6.92 Å². The molecule has 126 valence electrons. The van der Waals surface area contributed by atoms with Gasteiger partial charge in [0.1, 0.15) is 5.69 Å². The number of pyridine rings is 1. The molecule has 3 heterocycles. The molecule has 7 nitrogen and oxygen atoms in total. The van der Waals surface area contributed by atoms with Crippen molar-refractivity contribution < 1.29 is 4.79 Å². The smallest absolute Gasteiger partial charge is 0.269 e. The molecule has 0 spiro atoms. The van der Waals surface area contributed by atoms with Crippen molar-refractivity contribution in [1.29, 1.82) is 0 Å². The minimum absolute atomic E-state index is 0.116. The first-order chi connectivity index (χ1) is 11.8. The van der Waals surface area contributed by atoms with Crippen LogP contribution in [-0.4, -0.2) is 53.6 Å². The lowest BCUT2D eigenvalue weighted by molar-refractivity contribution is 0.0948. The van der Waals surface area contributed by atoms with E-state index in [2.05, 4.69) is 30.1 Å². The molecule has 0 aliphatic carbocycles. The molecule has 0 bridgehead atoms. The Morgan fingerprint density at radius 2 is 1.79 bits per heavy atom. The summed E-state index contributed by atoms with van der Waals surface area (Å²) in [6.45, 7) is 6.12. The van der Waals surface area contributed by atoms with Gasteiger partial charge in [0.2, 0.25) is 5.95 Å². The summed E-state index contributed by atoms with van der Waals surface area (Å²) in [6.07, 6.45) is 6.13. The van der Waals surface area contributed by atoms with E-state index in [1.807, 2.05) is 25.1 Å². The van der Waals surface area contributed by atoms with Crippen LogP contribution in [0.15, 0.2) is 36.8 Å². The normalized spacial score (nSPS) is 14.5. The number of aromatic nitrogens is 3. The summed E-state index contributed by atoms with van der Waals surface area (Å²) in [7, 11) is 0. The van der Waals surface area contributed by atoms with Crippen molar-refractivity contribution in [3.05, 3.63) is 42.5 Å². The maximum absolute atomic E-state index is 12.1. The molecule has 1 fully saturated rings. The number of amides is 1. The van der Waals surface area contributed by atoms with Gasteiger partial charge in [0, 0.05) is 57.0 Å². The Hall–Kier alpha value is -2.70. The van der Waals surface area contributed by atoms with Gasteiger partial charge >= 0.3 is 0 Å². The predicted molar refractivity (Wildman–Crippen MR) is 93.3 cm³/mol. The van der Waals surface area contributed by atoms with E-state index in [0.29, 0.717) is 12.2 Å². The van der Waals surface area contributed by atoms with Gasteiger partial charge in [0.15, 0.2) is 0 Å². The molecule has 0 aromatic carbocycles. The minimum Gasteiger partial charge on any atom is -0.368 e. The van der Waals surface area contributed by atoms with E-state index in [1.165, 1.54) is 0 Å². The van der Waals surface area contributed by atoms with E-state index >= 15 is 0 Å². The molecule has 0 radical (unpaired) electrons. The summed E-state index contributed by atoms with van der Waals surface area (Å²) in [6, 6.07) is 5.63. The Bertz CT molecular complexity index is 670. The van der Waals surface area contributed by atoms with E-state index in [0.717, 1.165) is 44.2 Å². The van der Waals surface area contributed by atoms with E-state index in [9.17, 15) is 4.79 Å². The number of piperazine rings is 1. The molecule has 1 amide bonds. The monoisotopic (exact) mass is 326 g/mol. The van der Waals surface area contributed by atoms with Gasteiger partial charge in [0.25, 0.3) is 5.91 Å². The highest BCUT2D eigenvalue weighted by Gasteiger charge is 2.20. The van der Waals surface area contributed by atoms with Crippen molar-refractivity contribution in [3.8, 4) is 0 Å². The molecule has 7 heteroatoms. The van der Waals surface area contributed by atoms with Crippen LogP contribution < -0.4 is 15.1 Å². The third-order valence-electron chi connectivity index (χ3n) is 3.99. The Labute approximate surface area is 141 Å². The first-order valence-electron chi connectivity index (χ1n) is 8.29. The Kier molecular flexibility index (Phi) is 5.20. The average molecular weight is 326 g/mol. The average Bonchev–Trinajstić information content (AvgIpc) is 2.67. The molecule has 1 N–H and O–H groups in total. The largest absolute Gasteiger partial charge is 0.368 e. The van der Waals surface area contributed by atoms with Crippen molar-refractivity contribution in [2.24, 2.45) is 0 Å². The maximum atomic E-state index is 12.1. The van der Waals surface area contributed by atoms with Crippen molar-refractivity contribution in [2.45, 2.75) is 13.3 Å². The minimum atomic E-state index is -0.116. The van der Waals surface area contributed by atoms with Crippen LogP contribution in [0, 0.1) is 0 Å². The number of nitrogens with zero attached hydrogens (tertiary/aromatic N) is 5. The quantitative estimate of drug-likeness (QED) is 0.894. The van der Waals surface area contributed by atoms with Crippen molar-refractivity contribution >= 4 is 17.5 Å². The molecule has 3 rings (SSSR count). The molecule has 0 saturated carbocycles. The second-order valence-corrected chi connectivity index (χ2v) is 5.68. The number of nitrogens with one attached hydrogen (secondary N) is 1. The third-order valence-corrected chi connectivity index (χ3v) is 3.99. The first kappa shape index (κ1) is 16.2. The number of carbonyl (C=O) groups excluding carboxylic acids is 1. The maximum Gasteiger partial charge on any atom is 0.269 e. The van der Waals surface area contributed by atoms with Gasteiger partial charge in [-0.25, -0.2) is 9.97 Å². The highest BCUT2D eigenvalue weighted by atomic mass is 16.1. The number of carbonyl (C=O) groups is 1. The molecule has 1 aliphatic heterocycles. The fourth-order valence-electron chi connectivity index (χ4n) is 2.69. The van der Waals surface area contributed by atoms with Crippen molar-refractivity contribution in [3.63, 3.8) is 0 Å². The van der Waals surface area contributed by atoms with Gasteiger partial charge in [-0.2, -0.15) is 0 Å². The number of hydrogen-bond donors (Lipinski definition) is 1. The van der Waals surface area contributed by atoms with Crippen LogP contribution in [0.1, 0.15) is 23.8 Å². The second-order valence-electron chi connectivity index (χ2n) is 5.68. The Morgan fingerprint density at radius 3 is 2.50 bits per heavy atom. The zero-order valence-corrected chi connectivity index (χ0v) is 13.9.